The first-order valence-electron chi connectivity index (χ1n) is 11.4. The minimum absolute atomic E-state index is 0.00204. The van der Waals surface area contributed by atoms with Crippen molar-refractivity contribution in [2.45, 2.75) is 26.3 Å². The van der Waals surface area contributed by atoms with Crippen molar-refractivity contribution >= 4 is 17.8 Å². The third kappa shape index (κ3) is 5.17. The molecule has 8 nitrogen and oxygen atoms in total. The van der Waals surface area contributed by atoms with Crippen molar-refractivity contribution in [3.05, 3.63) is 65.3 Å². The molecule has 2 aromatic rings. The van der Waals surface area contributed by atoms with Crippen LogP contribution in [0.3, 0.4) is 0 Å². The summed E-state index contributed by atoms with van der Waals surface area (Å²) in [6.45, 7) is 7.14. The Kier molecular flexibility index (Phi) is 8.54. The molecule has 0 saturated heterocycles. The molecule has 1 aromatic heterocycles. The van der Waals surface area contributed by atoms with Gasteiger partial charge in [0.15, 0.2) is 23.0 Å². The first kappa shape index (κ1) is 25.1. The van der Waals surface area contributed by atoms with Crippen LogP contribution in [-0.4, -0.2) is 67.0 Å². The van der Waals surface area contributed by atoms with Crippen molar-refractivity contribution in [1.82, 2.24) is 9.80 Å². The molecule has 0 aliphatic carbocycles. The van der Waals surface area contributed by atoms with E-state index >= 15 is 0 Å². The van der Waals surface area contributed by atoms with Gasteiger partial charge in [-0.05, 0) is 56.4 Å². The Balaban J connectivity index is 2.01. The van der Waals surface area contributed by atoms with Crippen molar-refractivity contribution in [3.63, 3.8) is 0 Å². The first-order chi connectivity index (χ1) is 16.5. The molecule has 1 amide bonds. The maximum Gasteiger partial charge on any atom is 0.290 e. The second-order valence-electron chi connectivity index (χ2n) is 7.84. The van der Waals surface area contributed by atoms with E-state index in [0.29, 0.717) is 35.8 Å². The van der Waals surface area contributed by atoms with Crippen LogP contribution < -0.4 is 9.47 Å². The van der Waals surface area contributed by atoms with Gasteiger partial charge >= 0.3 is 0 Å². The van der Waals surface area contributed by atoms with E-state index < -0.39 is 23.5 Å². The lowest BCUT2D eigenvalue weighted by Gasteiger charge is -2.29. The van der Waals surface area contributed by atoms with Crippen molar-refractivity contribution in [2.24, 2.45) is 0 Å². The minimum Gasteiger partial charge on any atom is -0.503 e. The lowest BCUT2D eigenvalue weighted by Crippen LogP contribution is -2.34. The molecular weight excluding hydrogens is 436 g/mol. The fraction of sp³-hybridized carbons (Fsp3) is 0.385. The zero-order valence-electron chi connectivity index (χ0n) is 20.1. The number of amides is 1. The SMILES string of the molecule is CCN(CC)CCCN1C(=O)C(O)=C(C(=O)/C=C/c2ccco2)C1c1cccc(OC)c1OC. The predicted octanol–water partition coefficient (Wildman–Crippen LogP) is 4.01. The van der Waals surface area contributed by atoms with Crippen molar-refractivity contribution in [3.8, 4) is 11.5 Å². The standard InChI is InChI=1S/C26H32N2O6/c1-5-27(6-2)15-9-16-28-23(19-11-7-12-21(32-3)25(19)33-4)22(24(30)26(28)31)20(29)14-13-18-10-8-17-34-18/h7-8,10-14,17,23,30H,5-6,9,15-16H2,1-4H3/b14-13+. The van der Waals surface area contributed by atoms with Gasteiger partial charge in [-0.25, -0.2) is 0 Å². The molecule has 0 bridgehead atoms. The maximum absolute atomic E-state index is 13.2. The Morgan fingerprint density at radius 3 is 2.56 bits per heavy atom. The summed E-state index contributed by atoms with van der Waals surface area (Å²) in [7, 11) is 3.03. The van der Waals surface area contributed by atoms with Crippen LogP contribution in [0.1, 0.15) is 37.6 Å². The molecule has 0 fully saturated rings. The summed E-state index contributed by atoms with van der Waals surface area (Å²) in [5.41, 5.74) is 0.569. The highest BCUT2D eigenvalue weighted by molar-refractivity contribution is 6.14. The molecule has 2 heterocycles. The topological polar surface area (TPSA) is 92.5 Å². The molecule has 1 N–H and O–H groups in total. The molecule has 3 rings (SSSR count). The van der Waals surface area contributed by atoms with Gasteiger partial charge in [0.05, 0.1) is 32.1 Å². The van der Waals surface area contributed by atoms with Gasteiger partial charge < -0.3 is 28.8 Å². The number of rotatable bonds is 12. The summed E-state index contributed by atoms with van der Waals surface area (Å²) >= 11 is 0. The minimum atomic E-state index is -0.817. The summed E-state index contributed by atoms with van der Waals surface area (Å²) in [5.74, 6) is -0.241. The monoisotopic (exact) mass is 468 g/mol. The zero-order chi connectivity index (χ0) is 24.7. The predicted molar refractivity (Wildman–Crippen MR) is 129 cm³/mol. The van der Waals surface area contributed by atoms with Crippen LogP contribution in [0, 0.1) is 0 Å². The first-order valence-corrected chi connectivity index (χ1v) is 11.4. The van der Waals surface area contributed by atoms with Gasteiger partial charge in [0, 0.05) is 12.1 Å². The number of carbonyl (C=O) groups is 2. The number of furan rings is 1. The van der Waals surface area contributed by atoms with Crippen molar-refractivity contribution in [2.75, 3.05) is 40.4 Å². The molecule has 1 aliphatic heterocycles. The molecule has 0 radical (unpaired) electrons. The Bertz CT molecular complexity index is 1050. The zero-order valence-corrected chi connectivity index (χ0v) is 20.1. The van der Waals surface area contributed by atoms with E-state index in [-0.39, 0.29) is 5.57 Å². The number of nitrogens with zero attached hydrogens (tertiary/aromatic N) is 2. The maximum atomic E-state index is 13.2. The number of para-hydroxylation sites is 1. The van der Waals surface area contributed by atoms with Gasteiger partial charge in [0.25, 0.3) is 5.91 Å². The number of benzene rings is 1. The van der Waals surface area contributed by atoms with Crippen LogP contribution in [0.25, 0.3) is 6.08 Å². The molecule has 1 atom stereocenters. The molecule has 1 aliphatic rings. The number of aliphatic hydroxyl groups is 1. The highest BCUT2D eigenvalue weighted by atomic mass is 16.5. The van der Waals surface area contributed by atoms with Crippen LogP contribution >= 0.6 is 0 Å². The molecular formula is C26H32N2O6. The average Bonchev–Trinajstić information content (AvgIpc) is 3.46. The van der Waals surface area contributed by atoms with Crippen LogP contribution in [0.2, 0.25) is 0 Å². The molecule has 8 heteroatoms. The van der Waals surface area contributed by atoms with Gasteiger partial charge in [-0.1, -0.05) is 26.0 Å². The van der Waals surface area contributed by atoms with E-state index in [1.54, 1.807) is 30.3 Å². The summed E-state index contributed by atoms with van der Waals surface area (Å²) in [6.07, 6.45) is 5.00. The molecule has 0 saturated carbocycles. The number of ether oxygens (including phenoxy) is 2. The summed E-state index contributed by atoms with van der Waals surface area (Å²) in [4.78, 5) is 30.2. The Hall–Kier alpha value is -3.52. The van der Waals surface area contributed by atoms with Gasteiger partial charge in [0.2, 0.25) is 0 Å². The van der Waals surface area contributed by atoms with E-state index in [4.69, 9.17) is 13.9 Å². The molecule has 1 unspecified atom stereocenters. The highest BCUT2D eigenvalue weighted by Gasteiger charge is 2.44. The number of carbonyl (C=O) groups excluding carboxylic acids is 2. The number of methoxy groups -OCH3 is 2. The number of allylic oxidation sites excluding steroid dienone is 1. The molecule has 1 aromatic carbocycles. The number of ketones is 1. The van der Waals surface area contributed by atoms with Gasteiger partial charge in [0.1, 0.15) is 5.76 Å². The van der Waals surface area contributed by atoms with Crippen LogP contribution in [0.5, 0.6) is 11.5 Å². The summed E-state index contributed by atoms with van der Waals surface area (Å²) in [6, 6.07) is 7.89. The van der Waals surface area contributed by atoms with E-state index in [0.717, 1.165) is 19.6 Å². The smallest absolute Gasteiger partial charge is 0.290 e. The lowest BCUT2D eigenvalue weighted by atomic mass is 9.94. The van der Waals surface area contributed by atoms with Gasteiger partial charge in [-0.2, -0.15) is 0 Å². The normalized spacial score (nSPS) is 16.2. The third-order valence-electron chi connectivity index (χ3n) is 6.01. The van der Waals surface area contributed by atoms with Crippen molar-refractivity contribution in [1.29, 1.82) is 0 Å². The van der Waals surface area contributed by atoms with E-state index in [1.807, 2.05) is 0 Å². The number of hydrogen-bond donors (Lipinski definition) is 1. The van der Waals surface area contributed by atoms with Crippen LogP contribution in [0.4, 0.5) is 0 Å². The molecule has 34 heavy (non-hydrogen) atoms. The van der Waals surface area contributed by atoms with E-state index in [2.05, 4.69) is 18.7 Å². The Labute approximate surface area is 200 Å². The van der Waals surface area contributed by atoms with Crippen molar-refractivity contribution < 1.29 is 28.6 Å². The fourth-order valence-electron chi connectivity index (χ4n) is 4.22. The lowest BCUT2D eigenvalue weighted by molar-refractivity contribution is -0.129. The third-order valence-corrected chi connectivity index (χ3v) is 6.01. The van der Waals surface area contributed by atoms with Crippen LogP contribution in [-0.2, 0) is 9.59 Å². The molecule has 182 valence electrons. The highest BCUT2D eigenvalue weighted by Crippen LogP contribution is 2.44. The number of aliphatic hydroxyl groups excluding tert-OH is 1. The Morgan fingerprint density at radius 2 is 1.94 bits per heavy atom. The average molecular weight is 469 g/mol. The van der Waals surface area contributed by atoms with E-state index in [1.165, 1.54) is 37.5 Å². The quantitative estimate of drug-likeness (QED) is 0.471. The summed E-state index contributed by atoms with van der Waals surface area (Å²) < 4.78 is 16.3. The second-order valence-corrected chi connectivity index (χ2v) is 7.84. The van der Waals surface area contributed by atoms with Gasteiger partial charge in [-0.15, -0.1) is 0 Å². The Morgan fingerprint density at radius 1 is 1.18 bits per heavy atom. The van der Waals surface area contributed by atoms with Gasteiger partial charge in [-0.3, -0.25) is 9.59 Å². The fourth-order valence-corrected chi connectivity index (χ4v) is 4.22. The largest absolute Gasteiger partial charge is 0.503 e. The summed E-state index contributed by atoms with van der Waals surface area (Å²) in [5, 5.41) is 10.8. The second kappa shape index (κ2) is 11.6. The van der Waals surface area contributed by atoms with E-state index in [9.17, 15) is 14.7 Å². The van der Waals surface area contributed by atoms with Crippen LogP contribution in [0.15, 0.2) is 58.4 Å². The number of hydrogen-bond acceptors (Lipinski definition) is 7. The molecule has 0 spiro atoms.